The van der Waals surface area contributed by atoms with Gasteiger partial charge >= 0.3 is 0 Å². The number of nitriles is 1. The maximum atomic E-state index is 9.02. The van der Waals surface area contributed by atoms with Gasteiger partial charge in [-0.05, 0) is 13.3 Å². The molecule has 136 valence electrons. The number of aryl methyl sites for hydroxylation is 1. The van der Waals surface area contributed by atoms with Crippen molar-refractivity contribution in [3.63, 3.8) is 0 Å². The quantitative estimate of drug-likeness (QED) is 0.340. The molecule has 3 nitrogen and oxygen atoms in total. The summed E-state index contributed by atoms with van der Waals surface area (Å²) in [5.74, 6) is 1.06. The third kappa shape index (κ3) is 9.11. The van der Waals surface area contributed by atoms with Crippen LogP contribution in [0.2, 0.25) is 0 Å². The topological polar surface area (TPSA) is 41.6 Å². The van der Waals surface area contributed by atoms with Gasteiger partial charge in [-0.25, -0.2) is 4.98 Å². The van der Waals surface area contributed by atoms with E-state index in [0.717, 1.165) is 12.2 Å². The number of nitrogens with zero attached hydrogens (tertiary/aromatic N) is 3. The summed E-state index contributed by atoms with van der Waals surface area (Å²) in [5, 5.41) is 9.02. The molecule has 0 saturated carbocycles. The molecule has 1 rings (SSSR count). The Labute approximate surface area is 149 Å². The number of imidazole rings is 1. The molecule has 0 N–H and O–H groups in total. The molecule has 1 aromatic rings. The summed E-state index contributed by atoms with van der Waals surface area (Å²) in [5.41, 5.74) is 0. The molecule has 0 aromatic carbocycles. The van der Waals surface area contributed by atoms with E-state index in [0.29, 0.717) is 0 Å². The highest BCUT2D eigenvalue weighted by Crippen LogP contribution is 2.14. The lowest BCUT2D eigenvalue weighted by Crippen LogP contribution is -2.06. The summed E-state index contributed by atoms with van der Waals surface area (Å²) in [4.78, 5) is 4.39. The summed E-state index contributed by atoms with van der Waals surface area (Å²) in [6.45, 7) is 4.20. The molecule has 0 aliphatic carbocycles. The summed E-state index contributed by atoms with van der Waals surface area (Å²) >= 11 is 0. The van der Waals surface area contributed by atoms with Crippen LogP contribution in [-0.4, -0.2) is 9.55 Å². The molecule has 1 atom stereocenters. The van der Waals surface area contributed by atoms with Gasteiger partial charge in [-0.2, -0.15) is 5.26 Å². The minimum atomic E-state index is -0.107. The van der Waals surface area contributed by atoms with Crippen molar-refractivity contribution in [1.29, 1.82) is 5.26 Å². The summed E-state index contributed by atoms with van der Waals surface area (Å²) in [7, 11) is 0. The van der Waals surface area contributed by atoms with Crippen molar-refractivity contribution in [2.45, 2.75) is 110 Å². The van der Waals surface area contributed by atoms with Gasteiger partial charge in [0, 0.05) is 18.8 Å². The molecule has 1 heterocycles. The van der Waals surface area contributed by atoms with E-state index >= 15 is 0 Å². The van der Waals surface area contributed by atoms with Gasteiger partial charge in [0.25, 0.3) is 0 Å². The molecule has 0 bridgehead atoms. The zero-order chi connectivity index (χ0) is 17.5. The monoisotopic (exact) mass is 331 g/mol. The fourth-order valence-electron chi connectivity index (χ4n) is 3.25. The fourth-order valence-corrected chi connectivity index (χ4v) is 3.25. The first-order valence-corrected chi connectivity index (χ1v) is 10.2. The molecule has 3 heteroatoms. The van der Waals surface area contributed by atoms with Crippen LogP contribution >= 0.6 is 0 Å². The van der Waals surface area contributed by atoms with E-state index in [1.807, 2.05) is 23.9 Å². The SMILES string of the molecule is CCCCCCCCCCCCCCCc1nccn1C(C)C#N. The average molecular weight is 332 g/mol. The highest BCUT2D eigenvalue weighted by Gasteiger charge is 2.08. The number of rotatable bonds is 15. The van der Waals surface area contributed by atoms with Crippen molar-refractivity contribution in [1.82, 2.24) is 9.55 Å². The third-order valence-electron chi connectivity index (χ3n) is 4.86. The number of unbranched alkanes of at least 4 members (excludes halogenated alkanes) is 12. The van der Waals surface area contributed by atoms with E-state index in [2.05, 4.69) is 18.0 Å². The lowest BCUT2D eigenvalue weighted by Gasteiger charge is -2.09. The van der Waals surface area contributed by atoms with E-state index in [1.165, 1.54) is 83.5 Å². The number of aromatic nitrogens is 2. The zero-order valence-corrected chi connectivity index (χ0v) is 16.0. The maximum absolute atomic E-state index is 9.02. The highest BCUT2D eigenvalue weighted by molar-refractivity contribution is 5.00. The van der Waals surface area contributed by atoms with Crippen LogP contribution < -0.4 is 0 Å². The van der Waals surface area contributed by atoms with Crippen molar-refractivity contribution in [2.75, 3.05) is 0 Å². The normalized spacial score (nSPS) is 12.2. The third-order valence-corrected chi connectivity index (χ3v) is 4.86. The van der Waals surface area contributed by atoms with Gasteiger partial charge < -0.3 is 4.57 Å². The van der Waals surface area contributed by atoms with Crippen molar-refractivity contribution in [3.8, 4) is 6.07 Å². The van der Waals surface area contributed by atoms with Crippen molar-refractivity contribution in [2.24, 2.45) is 0 Å². The molecule has 0 amide bonds. The molecule has 0 spiro atoms. The second-order valence-corrected chi connectivity index (χ2v) is 7.05. The van der Waals surface area contributed by atoms with E-state index < -0.39 is 0 Å². The second kappa shape index (κ2) is 14.1. The van der Waals surface area contributed by atoms with E-state index in [4.69, 9.17) is 5.26 Å². The Kier molecular flexibility index (Phi) is 12.2. The van der Waals surface area contributed by atoms with Crippen LogP contribution in [0.25, 0.3) is 0 Å². The number of hydrogen-bond acceptors (Lipinski definition) is 2. The Morgan fingerprint density at radius 1 is 0.917 bits per heavy atom. The predicted molar refractivity (Wildman–Crippen MR) is 102 cm³/mol. The minimum Gasteiger partial charge on any atom is -0.319 e. The number of hydrogen-bond donors (Lipinski definition) is 0. The largest absolute Gasteiger partial charge is 0.319 e. The van der Waals surface area contributed by atoms with Crippen LogP contribution in [0.4, 0.5) is 0 Å². The maximum Gasteiger partial charge on any atom is 0.119 e. The molecule has 0 saturated heterocycles. The summed E-state index contributed by atoms with van der Waals surface area (Å²) < 4.78 is 2.00. The Morgan fingerprint density at radius 2 is 1.42 bits per heavy atom. The van der Waals surface area contributed by atoms with Crippen LogP contribution in [0.5, 0.6) is 0 Å². The first-order valence-electron chi connectivity index (χ1n) is 10.2. The van der Waals surface area contributed by atoms with Crippen molar-refractivity contribution >= 4 is 0 Å². The molecule has 24 heavy (non-hydrogen) atoms. The molecule has 0 radical (unpaired) electrons. The fraction of sp³-hybridized carbons (Fsp3) is 0.810. The average Bonchev–Trinajstić information content (AvgIpc) is 3.06. The molecule has 0 fully saturated rings. The zero-order valence-electron chi connectivity index (χ0n) is 16.0. The van der Waals surface area contributed by atoms with Gasteiger partial charge in [0.2, 0.25) is 0 Å². The molecular formula is C21H37N3. The minimum absolute atomic E-state index is 0.107. The van der Waals surface area contributed by atoms with Crippen LogP contribution in [0.3, 0.4) is 0 Å². The lowest BCUT2D eigenvalue weighted by molar-refractivity contribution is 0.534. The first-order chi connectivity index (χ1) is 11.8. The first kappa shape index (κ1) is 20.7. The summed E-state index contributed by atoms with van der Waals surface area (Å²) in [6.07, 6.45) is 22.7. The summed E-state index contributed by atoms with van der Waals surface area (Å²) in [6, 6.07) is 2.17. The van der Waals surface area contributed by atoms with Crippen LogP contribution in [0.15, 0.2) is 12.4 Å². The Morgan fingerprint density at radius 3 is 1.92 bits per heavy atom. The Hall–Kier alpha value is -1.30. The van der Waals surface area contributed by atoms with Crippen LogP contribution in [0, 0.1) is 11.3 Å². The molecular weight excluding hydrogens is 294 g/mol. The highest BCUT2D eigenvalue weighted by atomic mass is 15.1. The Balaban J connectivity index is 1.91. The van der Waals surface area contributed by atoms with Gasteiger partial charge in [-0.3, -0.25) is 0 Å². The molecule has 0 aliphatic heterocycles. The van der Waals surface area contributed by atoms with Gasteiger partial charge in [-0.15, -0.1) is 0 Å². The van der Waals surface area contributed by atoms with Gasteiger partial charge in [0.1, 0.15) is 11.9 Å². The van der Waals surface area contributed by atoms with Gasteiger partial charge in [-0.1, -0.05) is 84.0 Å². The van der Waals surface area contributed by atoms with Crippen molar-refractivity contribution < 1.29 is 0 Å². The van der Waals surface area contributed by atoms with Gasteiger partial charge in [0.05, 0.1) is 6.07 Å². The van der Waals surface area contributed by atoms with E-state index in [9.17, 15) is 0 Å². The predicted octanol–water partition coefficient (Wildman–Crippen LogP) is 6.60. The molecule has 0 aliphatic rings. The van der Waals surface area contributed by atoms with E-state index in [-0.39, 0.29) is 6.04 Å². The lowest BCUT2D eigenvalue weighted by atomic mass is 10.0. The van der Waals surface area contributed by atoms with Crippen molar-refractivity contribution in [3.05, 3.63) is 18.2 Å². The molecule has 1 aromatic heterocycles. The second-order valence-electron chi connectivity index (χ2n) is 7.05. The van der Waals surface area contributed by atoms with Gasteiger partial charge in [0.15, 0.2) is 0 Å². The van der Waals surface area contributed by atoms with Crippen LogP contribution in [0.1, 0.15) is 109 Å². The van der Waals surface area contributed by atoms with E-state index in [1.54, 1.807) is 0 Å². The molecule has 1 unspecified atom stereocenters. The van der Waals surface area contributed by atoms with Crippen LogP contribution in [-0.2, 0) is 6.42 Å². The smallest absolute Gasteiger partial charge is 0.119 e. The Bertz CT molecular complexity index is 444. The standard InChI is InChI=1S/C21H37N3/c1-3-4-5-6-7-8-9-10-11-12-13-14-15-16-21-23-17-18-24(21)20(2)19-22/h17-18,20H,3-16H2,1-2H3.